The van der Waals surface area contributed by atoms with Gasteiger partial charge in [0.05, 0.1) is 0 Å². The van der Waals surface area contributed by atoms with E-state index in [0.29, 0.717) is 11.6 Å². The molecule has 0 bridgehead atoms. The molecule has 1 saturated heterocycles. The van der Waals surface area contributed by atoms with Crippen molar-refractivity contribution in [2.75, 3.05) is 12.3 Å². The first-order chi connectivity index (χ1) is 12.5. The minimum atomic E-state index is -0.923. The first-order valence-electron chi connectivity index (χ1n) is 8.19. The molecule has 2 heterocycles. The highest BCUT2D eigenvalue weighted by Crippen LogP contribution is 2.42. The zero-order valence-electron chi connectivity index (χ0n) is 13.6. The highest BCUT2D eigenvalue weighted by molar-refractivity contribution is 9.11. The van der Waals surface area contributed by atoms with Gasteiger partial charge in [0.15, 0.2) is 5.92 Å². The van der Waals surface area contributed by atoms with E-state index in [-0.39, 0.29) is 11.3 Å². The average Bonchev–Trinajstić information content (AvgIpc) is 3.11. The molecule has 1 aromatic rings. The maximum absolute atomic E-state index is 13.1. The van der Waals surface area contributed by atoms with Gasteiger partial charge >= 0.3 is 5.97 Å². The van der Waals surface area contributed by atoms with Crippen LogP contribution in [0, 0.1) is 5.92 Å². The van der Waals surface area contributed by atoms with Gasteiger partial charge in [-0.1, -0.05) is 51.8 Å². The fourth-order valence-corrected chi connectivity index (χ4v) is 5.29. The number of halogens is 2. The second-order valence-corrected chi connectivity index (χ2v) is 8.68. The Bertz CT molecular complexity index is 866. The third-order valence-corrected chi connectivity index (χ3v) is 6.61. The SMILES string of the molecule is O=C1OC2C=CC(Br)=CC2=CC1C(=O)N1CCSC1c1ccccc1Cl. The summed E-state index contributed by atoms with van der Waals surface area (Å²) in [4.78, 5) is 27.3. The first-order valence-corrected chi connectivity index (χ1v) is 10.4. The number of fused-ring (bicyclic) bond motifs is 1. The highest BCUT2D eigenvalue weighted by Gasteiger charge is 2.41. The molecule has 134 valence electrons. The molecule has 4 rings (SSSR count). The zero-order chi connectivity index (χ0) is 18.3. The Labute approximate surface area is 169 Å². The maximum Gasteiger partial charge on any atom is 0.323 e. The van der Waals surface area contributed by atoms with Gasteiger partial charge in [-0.2, -0.15) is 0 Å². The van der Waals surface area contributed by atoms with E-state index in [4.69, 9.17) is 16.3 Å². The number of carbonyl (C=O) groups excluding carboxylic acids is 2. The van der Waals surface area contributed by atoms with Crippen LogP contribution in [0.1, 0.15) is 10.9 Å². The van der Waals surface area contributed by atoms with E-state index in [1.165, 1.54) is 0 Å². The quantitative estimate of drug-likeness (QED) is 0.498. The van der Waals surface area contributed by atoms with Gasteiger partial charge in [0.25, 0.3) is 0 Å². The van der Waals surface area contributed by atoms with Crippen molar-refractivity contribution in [3.63, 3.8) is 0 Å². The molecule has 0 aromatic heterocycles. The monoisotopic (exact) mass is 451 g/mol. The molecule has 1 aliphatic carbocycles. The number of hydrogen-bond donors (Lipinski definition) is 0. The van der Waals surface area contributed by atoms with Gasteiger partial charge in [0, 0.05) is 27.4 Å². The van der Waals surface area contributed by atoms with Crippen LogP contribution in [-0.4, -0.2) is 35.2 Å². The van der Waals surface area contributed by atoms with Crippen LogP contribution in [-0.2, 0) is 14.3 Å². The number of allylic oxidation sites excluding steroid dienone is 2. The Hall–Kier alpha value is -1.50. The summed E-state index contributed by atoms with van der Waals surface area (Å²) in [5.74, 6) is -0.867. The second kappa shape index (κ2) is 7.25. The largest absolute Gasteiger partial charge is 0.452 e. The topological polar surface area (TPSA) is 46.6 Å². The molecule has 3 unspecified atom stereocenters. The molecular formula is C19H15BrClNO3S. The van der Waals surface area contributed by atoms with Crippen molar-refractivity contribution in [2.45, 2.75) is 11.5 Å². The number of benzene rings is 1. The van der Waals surface area contributed by atoms with Gasteiger partial charge in [-0.25, -0.2) is 0 Å². The van der Waals surface area contributed by atoms with Crippen LogP contribution in [0.3, 0.4) is 0 Å². The van der Waals surface area contributed by atoms with Crippen LogP contribution < -0.4 is 0 Å². The molecule has 0 spiro atoms. The Morgan fingerprint density at radius 1 is 1.35 bits per heavy atom. The van der Waals surface area contributed by atoms with E-state index >= 15 is 0 Å². The molecule has 1 aromatic carbocycles. The summed E-state index contributed by atoms with van der Waals surface area (Å²) >= 11 is 11.4. The lowest BCUT2D eigenvalue weighted by molar-refractivity contribution is -0.156. The number of ether oxygens (including phenoxy) is 1. The number of carbonyl (C=O) groups is 2. The fraction of sp³-hybridized carbons (Fsp3) is 0.263. The van der Waals surface area contributed by atoms with Gasteiger partial charge in [0.2, 0.25) is 5.91 Å². The Kier molecular flexibility index (Phi) is 4.99. The minimum Gasteiger partial charge on any atom is -0.452 e. The lowest BCUT2D eigenvalue weighted by Gasteiger charge is -2.31. The maximum atomic E-state index is 13.1. The molecule has 0 radical (unpaired) electrons. The molecule has 0 N–H and O–H groups in total. The van der Waals surface area contributed by atoms with Crippen LogP contribution in [0.2, 0.25) is 5.02 Å². The van der Waals surface area contributed by atoms with Gasteiger partial charge in [-0.05, 0) is 29.9 Å². The normalized spacial score (nSPS) is 27.5. The van der Waals surface area contributed by atoms with Gasteiger partial charge in [0.1, 0.15) is 11.5 Å². The predicted molar refractivity (Wildman–Crippen MR) is 106 cm³/mol. The molecule has 1 fully saturated rings. The smallest absolute Gasteiger partial charge is 0.323 e. The predicted octanol–water partition coefficient (Wildman–Crippen LogP) is 4.23. The summed E-state index contributed by atoms with van der Waals surface area (Å²) in [6.45, 7) is 0.579. The Morgan fingerprint density at radius 3 is 2.96 bits per heavy atom. The molecule has 4 nitrogen and oxygen atoms in total. The van der Waals surface area contributed by atoms with E-state index < -0.39 is 18.0 Å². The molecular weight excluding hydrogens is 438 g/mol. The van der Waals surface area contributed by atoms with Gasteiger partial charge in [-0.3, -0.25) is 9.59 Å². The van der Waals surface area contributed by atoms with Crippen LogP contribution >= 0.6 is 39.3 Å². The number of nitrogens with zero attached hydrogens (tertiary/aromatic N) is 1. The highest BCUT2D eigenvalue weighted by atomic mass is 79.9. The number of esters is 1. The van der Waals surface area contributed by atoms with Crippen LogP contribution in [0.4, 0.5) is 0 Å². The Morgan fingerprint density at radius 2 is 2.15 bits per heavy atom. The van der Waals surface area contributed by atoms with Gasteiger partial charge in [-0.15, -0.1) is 11.8 Å². The molecule has 2 aliphatic heterocycles. The molecule has 7 heteroatoms. The van der Waals surface area contributed by atoms with Crippen LogP contribution in [0.25, 0.3) is 0 Å². The summed E-state index contributed by atoms with van der Waals surface area (Å²) in [5, 5.41) is 0.437. The zero-order valence-corrected chi connectivity index (χ0v) is 16.8. The molecule has 3 atom stereocenters. The van der Waals surface area contributed by atoms with E-state index in [1.54, 1.807) is 28.8 Å². The first kappa shape index (κ1) is 17.9. The van der Waals surface area contributed by atoms with Crippen molar-refractivity contribution >= 4 is 51.2 Å². The summed E-state index contributed by atoms with van der Waals surface area (Å²) in [7, 11) is 0. The number of hydrogen-bond acceptors (Lipinski definition) is 4. The van der Waals surface area contributed by atoms with Crippen molar-refractivity contribution in [3.05, 3.63) is 69.2 Å². The third kappa shape index (κ3) is 3.26. The van der Waals surface area contributed by atoms with Crippen LogP contribution in [0.15, 0.2) is 58.6 Å². The standard InChI is InChI=1S/C19H15BrClNO3S/c20-12-5-6-16-11(9-12)10-14(19(24)25-16)17(23)22-7-8-26-18(22)13-3-1-2-4-15(13)21/h1-6,9-10,14,16,18H,7-8H2. The van der Waals surface area contributed by atoms with Crippen molar-refractivity contribution in [1.82, 2.24) is 4.90 Å². The summed E-state index contributed by atoms with van der Waals surface area (Å²) in [5.41, 5.74) is 1.71. The number of thioether (sulfide) groups is 1. The molecule has 1 amide bonds. The summed E-state index contributed by atoms with van der Waals surface area (Å²) < 4.78 is 6.34. The molecule has 26 heavy (non-hydrogen) atoms. The third-order valence-electron chi connectivity index (χ3n) is 4.53. The second-order valence-electron chi connectivity index (χ2n) is 6.17. The van der Waals surface area contributed by atoms with Crippen LogP contribution in [0.5, 0.6) is 0 Å². The average molecular weight is 453 g/mol. The van der Waals surface area contributed by atoms with Crippen molar-refractivity contribution in [2.24, 2.45) is 5.92 Å². The van der Waals surface area contributed by atoms with E-state index in [9.17, 15) is 9.59 Å². The lowest BCUT2D eigenvalue weighted by Crippen LogP contribution is -2.42. The summed E-state index contributed by atoms with van der Waals surface area (Å²) in [6.07, 6.45) is 6.81. The van der Waals surface area contributed by atoms with Crippen molar-refractivity contribution in [1.29, 1.82) is 0 Å². The van der Waals surface area contributed by atoms with E-state index in [1.807, 2.05) is 36.4 Å². The molecule has 3 aliphatic rings. The Balaban J connectivity index is 1.62. The minimum absolute atomic E-state index is 0.186. The van der Waals surface area contributed by atoms with Crippen molar-refractivity contribution < 1.29 is 14.3 Å². The summed E-state index contributed by atoms with van der Waals surface area (Å²) in [6, 6.07) is 7.50. The fourth-order valence-electron chi connectivity index (χ4n) is 3.27. The lowest BCUT2D eigenvalue weighted by atomic mass is 9.94. The van der Waals surface area contributed by atoms with Gasteiger partial charge < -0.3 is 9.64 Å². The van der Waals surface area contributed by atoms with Crippen molar-refractivity contribution in [3.8, 4) is 0 Å². The number of amides is 1. The number of rotatable bonds is 2. The van der Waals surface area contributed by atoms with E-state index in [2.05, 4.69) is 15.9 Å². The molecule has 0 saturated carbocycles. The van der Waals surface area contributed by atoms with E-state index in [0.717, 1.165) is 21.4 Å².